The van der Waals surface area contributed by atoms with Gasteiger partial charge in [0.1, 0.15) is 5.82 Å². The van der Waals surface area contributed by atoms with Crippen LogP contribution in [0.5, 0.6) is 0 Å². The smallest absolute Gasteiger partial charge is 0.161 e. The first-order valence-electron chi connectivity index (χ1n) is 5.24. The van der Waals surface area contributed by atoms with Gasteiger partial charge in [-0.2, -0.15) is 0 Å². The molecule has 0 saturated heterocycles. The Morgan fingerprint density at radius 1 is 0.938 bits per heavy atom. The fourth-order valence-electron chi connectivity index (χ4n) is 1.49. The Hall–Kier alpha value is -1.03. The molecule has 2 atom stereocenters. The van der Waals surface area contributed by atoms with Crippen molar-refractivity contribution in [3.8, 4) is 0 Å². The molecule has 0 saturated carbocycles. The number of hydrogen-bond acceptors (Lipinski definition) is 1. The fraction of sp³-hybridized carbons (Fsp3) is 0.500. The van der Waals surface area contributed by atoms with Gasteiger partial charge in [0.25, 0.3) is 0 Å². The van der Waals surface area contributed by atoms with E-state index < -0.39 is 23.5 Å². The lowest BCUT2D eigenvalue weighted by Crippen LogP contribution is -2.24. The van der Waals surface area contributed by atoms with Crippen LogP contribution in [0, 0.1) is 29.3 Å². The molecule has 0 aromatic heterocycles. The molecule has 0 spiro atoms. The van der Waals surface area contributed by atoms with E-state index in [1.807, 2.05) is 20.8 Å². The average Bonchev–Trinajstić information content (AvgIpc) is 2.21. The summed E-state index contributed by atoms with van der Waals surface area (Å²) < 4.78 is 39.1. The average molecular weight is 231 g/mol. The van der Waals surface area contributed by atoms with Crippen LogP contribution < -0.4 is 5.73 Å². The first-order valence-corrected chi connectivity index (χ1v) is 5.24. The summed E-state index contributed by atoms with van der Waals surface area (Å²) in [7, 11) is 0. The molecule has 1 nitrogen and oxygen atoms in total. The van der Waals surface area contributed by atoms with Crippen molar-refractivity contribution in [1.29, 1.82) is 0 Å². The molecule has 0 aliphatic heterocycles. The highest BCUT2D eigenvalue weighted by Gasteiger charge is 2.22. The molecule has 0 aliphatic rings. The third-order valence-electron chi connectivity index (χ3n) is 3.02. The SMILES string of the molecule is CC(C)C(C)C(N)c1cc(F)c(F)cc1F. The van der Waals surface area contributed by atoms with Crippen LogP contribution >= 0.6 is 0 Å². The zero-order chi connectivity index (χ0) is 12.5. The summed E-state index contributed by atoms with van der Waals surface area (Å²) in [4.78, 5) is 0. The van der Waals surface area contributed by atoms with Crippen LogP contribution in [-0.2, 0) is 0 Å². The highest BCUT2D eigenvalue weighted by molar-refractivity contribution is 5.23. The molecule has 1 aromatic carbocycles. The molecule has 2 unspecified atom stereocenters. The van der Waals surface area contributed by atoms with E-state index in [0.717, 1.165) is 6.07 Å². The van der Waals surface area contributed by atoms with E-state index >= 15 is 0 Å². The van der Waals surface area contributed by atoms with Gasteiger partial charge in [0, 0.05) is 17.7 Å². The van der Waals surface area contributed by atoms with Gasteiger partial charge in [-0.3, -0.25) is 0 Å². The Labute approximate surface area is 93.5 Å². The van der Waals surface area contributed by atoms with E-state index in [1.54, 1.807) is 0 Å². The molecular weight excluding hydrogens is 215 g/mol. The van der Waals surface area contributed by atoms with Crippen molar-refractivity contribution < 1.29 is 13.2 Å². The Morgan fingerprint density at radius 3 is 1.94 bits per heavy atom. The summed E-state index contributed by atoms with van der Waals surface area (Å²) in [6.07, 6.45) is 0. The Morgan fingerprint density at radius 2 is 1.44 bits per heavy atom. The standard InChI is InChI=1S/C12H16F3N/c1-6(2)7(3)12(16)8-4-10(14)11(15)5-9(8)13/h4-7,12H,16H2,1-3H3. The van der Waals surface area contributed by atoms with Gasteiger partial charge in [0.15, 0.2) is 11.6 Å². The molecule has 0 heterocycles. The van der Waals surface area contributed by atoms with E-state index in [2.05, 4.69) is 0 Å². The van der Waals surface area contributed by atoms with Crippen molar-refractivity contribution in [3.63, 3.8) is 0 Å². The molecule has 0 radical (unpaired) electrons. The van der Waals surface area contributed by atoms with Crippen LogP contribution in [0.1, 0.15) is 32.4 Å². The van der Waals surface area contributed by atoms with Gasteiger partial charge in [-0.25, -0.2) is 13.2 Å². The van der Waals surface area contributed by atoms with E-state index in [9.17, 15) is 13.2 Å². The summed E-state index contributed by atoms with van der Waals surface area (Å²) >= 11 is 0. The minimum Gasteiger partial charge on any atom is -0.324 e. The monoisotopic (exact) mass is 231 g/mol. The summed E-state index contributed by atoms with van der Waals surface area (Å²) in [6, 6.07) is 0.751. The second kappa shape index (κ2) is 4.87. The Balaban J connectivity index is 3.08. The maximum Gasteiger partial charge on any atom is 0.161 e. The van der Waals surface area contributed by atoms with Crippen LogP contribution in [0.25, 0.3) is 0 Å². The topological polar surface area (TPSA) is 26.0 Å². The largest absolute Gasteiger partial charge is 0.324 e. The molecule has 90 valence electrons. The van der Waals surface area contributed by atoms with Gasteiger partial charge in [-0.05, 0) is 17.9 Å². The molecule has 16 heavy (non-hydrogen) atoms. The molecule has 4 heteroatoms. The van der Waals surface area contributed by atoms with Gasteiger partial charge in [0.2, 0.25) is 0 Å². The molecule has 1 aromatic rings. The van der Waals surface area contributed by atoms with Gasteiger partial charge in [-0.1, -0.05) is 20.8 Å². The molecule has 0 fully saturated rings. The van der Waals surface area contributed by atoms with Crippen LogP contribution in [0.4, 0.5) is 13.2 Å². The maximum absolute atomic E-state index is 13.4. The molecule has 0 amide bonds. The Kier molecular flexibility index (Phi) is 3.97. The molecule has 2 N–H and O–H groups in total. The Bertz CT molecular complexity index is 377. The summed E-state index contributed by atoms with van der Waals surface area (Å²) in [5.74, 6) is -2.82. The molecular formula is C12H16F3N. The third-order valence-corrected chi connectivity index (χ3v) is 3.02. The van der Waals surface area contributed by atoms with E-state index in [0.29, 0.717) is 6.07 Å². The second-order valence-corrected chi connectivity index (χ2v) is 4.42. The highest BCUT2D eigenvalue weighted by atomic mass is 19.2. The summed E-state index contributed by atoms with van der Waals surface area (Å²) in [6.45, 7) is 5.75. The van der Waals surface area contributed by atoms with Crippen LogP contribution in [0.2, 0.25) is 0 Å². The number of hydrogen-bond donors (Lipinski definition) is 1. The predicted molar refractivity (Wildman–Crippen MR) is 57.2 cm³/mol. The van der Waals surface area contributed by atoms with Crippen molar-refractivity contribution in [2.75, 3.05) is 0 Å². The lowest BCUT2D eigenvalue weighted by Gasteiger charge is -2.24. The maximum atomic E-state index is 13.4. The third kappa shape index (κ3) is 2.55. The van der Waals surface area contributed by atoms with Crippen molar-refractivity contribution in [1.82, 2.24) is 0 Å². The second-order valence-electron chi connectivity index (χ2n) is 4.42. The number of halogens is 3. The van der Waals surface area contributed by atoms with Gasteiger partial charge < -0.3 is 5.73 Å². The van der Waals surface area contributed by atoms with Crippen molar-refractivity contribution in [2.45, 2.75) is 26.8 Å². The lowest BCUT2D eigenvalue weighted by atomic mass is 9.86. The van der Waals surface area contributed by atoms with Crippen LogP contribution in [0.15, 0.2) is 12.1 Å². The van der Waals surface area contributed by atoms with Gasteiger partial charge >= 0.3 is 0 Å². The zero-order valence-electron chi connectivity index (χ0n) is 9.60. The summed E-state index contributed by atoms with van der Waals surface area (Å²) in [5, 5.41) is 0. The molecule has 0 bridgehead atoms. The molecule has 1 rings (SSSR count). The van der Waals surface area contributed by atoms with Crippen molar-refractivity contribution in [2.24, 2.45) is 17.6 Å². The minimum atomic E-state index is -1.19. The van der Waals surface area contributed by atoms with E-state index in [-0.39, 0.29) is 17.4 Å². The zero-order valence-corrected chi connectivity index (χ0v) is 9.60. The number of nitrogens with two attached hydrogens (primary N) is 1. The van der Waals surface area contributed by atoms with E-state index in [4.69, 9.17) is 5.73 Å². The quantitative estimate of drug-likeness (QED) is 0.793. The predicted octanol–water partition coefficient (Wildman–Crippen LogP) is 3.40. The summed E-state index contributed by atoms with van der Waals surface area (Å²) in [5.41, 5.74) is 5.86. The van der Waals surface area contributed by atoms with Gasteiger partial charge in [-0.15, -0.1) is 0 Å². The first-order chi connectivity index (χ1) is 7.34. The first kappa shape index (κ1) is 13.0. The number of rotatable bonds is 3. The fourth-order valence-corrected chi connectivity index (χ4v) is 1.49. The van der Waals surface area contributed by atoms with Crippen molar-refractivity contribution >= 4 is 0 Å². The number of benzene rings is 1. The van der Waals surface area contributed by atoms with Crippen molar-refractivity contribution in [3.05, 3.63) is 35.1 Å². The molecule has 0 aliphatic carbocycles. The highest BCUT2D eigenvalue weighted by Crippen LogP contribution is 2.28. The van der Waals surface area contributed by atoms with Gasteiger partial charge in [0.05, 0.1) is 0 Å². The van der Waals surface area contributed by atoms with E-state index in [1.165, 1.54) is 0 Å². The lowest BCUT2D eigenvalue weighted by molar-refractivity contribution is 0.342. The van der Waals surface area contributed by atoms with Crippen LogP contribution in [0.3, 0.4) is 0 Å². The van der Waals surface area contributed by atoms with Crippen LogP contribution in [-0.4, -0.2) is 0 Å². The normalized spacial score (nSPS) is 15.2. The minimum absolute atomic E-state index is 0.0145.